The first-order chi connectivity index (χ1) is 17.1. The van der Waals surface area contributed by atoms with Crippen LogP contribution in [0.5, 0.6) is 5.88 Å². The van der Waals surface area contributed by atoms with Gasteiger partial charge in [0.15, 0.2) is 12.4 Å². The van der Waals surface area contributed by atoms with Crippen LogP contribution < -0.4 is 15.4 Å². The molecule has 1 amide bonds. The quantitative estimate of drug-likeness (QED) is 0.346. The molecule has 8 heteroatoms. The topological polar surface area (TPSA) is 99.9 Å². The number of carbonyl (C=O) groups is 1. The standard InChI is InChI=1S/C27H25N5O2S/c1-2-17-11-13-18(14-12-17)29-24(33)16-34-26-25(30-21-8-4-5-9-22(21)31-26)32-27-20(15-28)19-7-3-6-10-23(19)35-27/h4-5,8-9,11-14H,2-3,6-7,10,16H2,1H3,(H,29,33)(H,30,32). The first-order valence-corrected chi connectivity index (χ1v) is 12.6. The second kappa shape index (κ2) is 10.1. The molecule has 0 atom stereocenters. The molecule has 0 saturated carbocycles. The smallest absolute Gasteiger partial charge is 0.262 e. The Morgan fingerprint density at radius 1 is 1.09 bits per heavy atom. The number of carbonyl (C=O) groups excluding carboxylic acids is 1. The summed E-state index contributed by atoms with van der Waals surface area (Å²) in [5, 5.41) is 16.7. The normalized spacial score (nSPS) is 12.6. The van der Waals surface area contributed by atoms with E-state index in [1.54, 1.807) is 11.3 Å². The summed E-state index contributed by atoms with van der Waals surface area (Å²) in [7, 11) is 0. The molecule has 5 rings (SSSR count). The molecule has 1 aliphatic rings. The maximum absolute atomic E-state index is 12.6. The van der Waals surface area contributed by atoms with Gasteiger partial charge in [0.05, 0.1) is 16.6 Å². The second-order valence-electron chi connectivity index (χ2n) is 8.41. The second-order valence-corrected chi connectivity index (χ2v) is 9.51. The summed E-state index contributed by atoms with van der Waals surface area (Å²) in [5.41, 5.74) is 5.07. The Balaban J connectivity index is 1.39. The lowest BCUT2D eigenvalue weighted by atomic mass is 9.96. The Morgan fingerprint density at radius 2 is 1.83 bits per heavy atom. The number of ether oxygens (including phenoxy) is 1. The van der Waals surface area contributed by atoms with Gasteiger partial charge in [0.2, 0.25) is 0 Å². The highest BCUT2D eigenvalue weighted by Gasteiger charge is 2.22. The lowest BCUT2D eigenvalue weighted by Gasteiger charge is -2.12. The van der Waals surface area contributed by atoms with Gasteiger partial charge in [0.25, 0.3) is 11.8 Å². The maximum Gasteiger partial charge on any atom is 0.262 e. The van der Waals surface area contributed by atoms with Crippen LogP contribution in [0.4, 0.5) is 16.5 Å². The molecular weight excluding hydrogens is 458 g/mol. The van der Waals surface area contributed by atoms with Crippen molar-refractivity contribution in [2.24, 2.45) is 0 Å². The lowest BCUT2D eigenvalue weighted by Crippen LogP contribution is -2.21. The number of hydrogen-bond acceptors (Lipinski definition) is 7. The number of thiophene rings is 1. The molecule has 176 valence electrons. The van der Waals surface area contributed by atoms with Gasteiger partial charge in [0.1, 0.15) is 11.1 Å². The van der Waals surface area contributed by atoms with Crippen molar-refractivity contribution in [1.82, 2.24) is 9.97 Å². The van der Waals surface area contributed by atoms with Gasteiger partial charge < -0.3 is 15.4 Å². The number of rotatable bonds is 7. The molecule has 2 heterocycles. The molecule has 0 saturated heterocycles. The Kier molecular flexibility index (Phi) is 6.59. The summed E-state index contributed by atoms with van der Waals surface area (Å²) in [6.07, 6.45) is 5.08. The van der Waals surface area contributed by atoms with Crippen LogP contribution in [0, 0.1) is 11.3 Å². The zero-order valence-corrected chi connectivity index (χ0v) is 20.2. The van der Waals surface area contributed by atoms with Crippen LogP contribution in [-0.2, 0) is 24.1 Å². The van der Waals surface area contributed by atoms with Crippen molar-refractivity contribution in [2.75, 3.05) is 17.2 Å². The molecule has 1 aliphatic carbocycles. The van der Waals surface area contributed by atoms with Gasteiger partial charge in [-0.3, -0.25) is 4.79 Å². The summed E-state index contributed by atoms with van der Waals surface area (Å²) in [4.78, 5) is 23.1. The number of benzene rings is 2. The number of aromatic nitrogens is 2. The number of amides is 1. The molecule has 4 aromatic rings. The highest BCUT2D eigenvalue weighted by Crippen LogP contribution is 2.40. The largest absolute Gasteiger partial charge is 0.465 e. The molecule has 2 aromatic carbocycles. The molecule has 0 spiro atoms. The Hall–Kier alpha value is -3.96. The average Bonchev–Trinajstić information content (AvgIpc) is 3.24. The van der Waals surface area contributed by atoms with E-state index in [1.165, 1.54) is 10.4 Å². The zero-order valence-electron chi connectivity index (χ0n) is 19.4. The molecule has 2 N–H and O–H groups in total. The molecule has 0 fully saturated rings. The molecular formula is C27H25N5O2S. The highest BCUT2D eigenvalue weighted by molar-refractivity contribution is 7.16. The fourth-order valence-corrected chi connectivity index (χ4v) is 5.44. The minimum absolute atomic E-state index is 0.218. The predicted octanol–water partition coefficient (Wildman–Crippen LogP) is 5.77. The summed E-state index contributed by atoms with van der Waals surface area (Å²) >= 11 is 1.59. The fourth-order valence-electron chi connectivity index (χ4n) is 4.20. The van der Waals surface area contributed by atoms with Crippen LogP contribution in [0.15, 0.2) is 48.5 Å². The van der Waals surface area contributed by atoms with E-state index in [0.717, 1.165) is 42.7 Å². The SMILES string of the molecule is CCc1ccc(NC(=O)COc2nc3ccccc3nc2Nc2sc3c(c2C#N)CCCC3)cc1. The molecule has 7 nitrogen and oxygen atoms in total. The van der Waals surface area contributed by atoms with Crippen molar-refractivity contribution in [3.63, 3.8) is 0 Å². The molecule has 2 aromatic heterocycles. The van der Waals surface area contributed by atoms with Crippen molar-refractivity contribution < 1.29 is 9.53 Å². The molecule has 0 unspecified atom stereocenters. The van der Waals surface area contributed by atoms with E-state index in [2.05, 4.69) is 28.6 Å². The minimum atomic E-state index is -0.292. The number of anilines is 3. The van der Waals surface area contributed by atoms with Crippen LogP contribution in [0.3, 0.4) is 0 Å². The van der Waals surface area contributed by atoms with Crippen molar-refractivity contribution in [3.05, 3.63) is 70.1 Å². The van der Waals surface area contributed by atoms with Gasteiger partial charge in [-0.2, -0.15) is 5.26 Å². The van der Waals surface area contributed by atoms with E-state index in [1.807, 2.05) is 48.5 Å². The number of aryl methyl sites for hydroxylation is 2. The van der Waals surface area contributed by atoms with Gasteiger partial charge >= 0.3 is 0 Å². The third-order valence-electron chi connectivity index (χ3n) is 6.04. The van der Waals surface area contributed by atoms with E-state index in [0.29, 0.717) is 28.1 Å². The van der Waals surface area contributed by atoms with E-state index in [-0.39, 0.29) is 18.4 Å². The van der Waals surface area contributed by atoms with Crippen LogP contribution >= 0.6 is 11.3 Å². The van der Waals surface area contributed by atoms with Gasteiger partial charge in [0, 0.05) is 10.6 Å². The van der Waals surface area contributed by atoms with Gasteiger partial charge in [-0.25, -0.2) is 9.97 Å². The third-order valence-corrected chi connectivity index (χ3v) is 7.25. The minimum Gasteiger partial charge on any atom is -0.465 e. The van der Waals surface area contributed by atoms with E-state index in [4.69, 9.17) is 9.72 Å². The van der Waals surface area contributed by atoms with Gasteiger partial charge in [-0.05, 0) is 67.5 Å². The lowest BCUT2D eigenvalue weighted by molar-refractivity contribution is -0.118. The van der Waals surface area contributed by atoms with Crippen molar-refractivity contribution in [1.29, 1.82) is 5.26 Å². The van der Waals surface area contributed by atoms with E-state index in [9.17, 15) is 10.1 Å². The number of para-hydroxylation sites is 2. The van der Waals surface area contributed by atoms with E-state index < -0.39 is 0 Å². The maximum atomic E-state index is 12.6. The average molecular weight is 484 g/mol. The third kappa shape index (κ3) is 4.96. The van der Waals surface area contributed by atoms with Crippen molar-refractivity contribution >= 4 is 44.8 Å². The number of hydrogen-bond donors (Lipinski definition) is 2. The summed E-state index contributed by atoms with van der Waals surface area (Å²) in [6.45, 7) is 1.87. The van der Waals surface area contributed by atoms with Crippen molar-refractivity contribution in [2.45, 2.75) is 39.0 Å². The summed E-state index contributed by atoms with van der Waals surface area (Å²) < 4.78 is 5.85. The summed E-state index contributed by atoms with van der Waals surface area (Å²) in [6, 6.07) is 17.6. The molecule has 35 heavy (non-hydrogen) atoms. The Morgan fingerprint density at radius 3 is 2.57 bits per heavy atom. The van der Waals surface area contributed by atoms with Crippen LogP contribution in [-0.4, -0.2) is 22.5 Å². The predicted molar refractivity (Wildman–Crippen MR) is 138 cm³/mol. The van der Waals surface area contributed by atoms with Gasteiger partial charge in [-0.15, -0.1) is 11.3 Å². The molecule has 0 radical (unpaired) electrons. The Bertz CT molecular complexity index is 1420. The Labute approximate surface area is 207 Å². The first kappa shape index (κ1) is 22.8. The van der Waals surface area contributed by atoms with Crippen LogP contribution in [0.25, 0.3) is 11.0 Å². The highest BCUT2D eigenvalue weighted by atomic mass is 32.1. The van der Waals surface area contributed by atoms with Gasteiger partial charge in [-0.1, -0.05) is 31.2 Å². The number of nitrogens with zero attached hydrogens (tertiary/aromatic N) is 3. The number of nitrogens with one attached hydrogen (secondary N) is 2. The first-order valence-electron chi connectivity index (χ1n) is 11.7. The fraction of sp³-hybridized carbons (Fsp3) is 0.259. The number of fused-ring (bicyclic) bond motifs is 2. The monoisotopic (exact) mass is 483 g/mol. The van der Waals surface area contributed by atoms with E-state index >= 15 is 0 Å². The van der Waals surface area contributed by atoms with Crippen LogP contribution in [0.1, 0.15) is 41.3 Å². The zero-order chi connectivity index (χ0) is 24.2. The molecule has 0 bridgehead atoms. The molecule has 0 aliphatic heterocycles. The number of nitriles is 1. The summed E-state index contributed by atoms with van der Waals surface area (Å²) in [5.74, 6) is 0.314. The van der Waals surface area contributed by atoms with Crippen molar-refractivity contribution in [3.8, 4) is 11.9 Å². The van der Waals surface area contributed by atoms with Crippen LogP contribution in [0.2, 0.25) is 0 Å².